The summed E-state index contributed by atoms with van der Waals surface area (Å²) >= 11 is 17.1. The first-order chi connectivity index (χ1) is 9.38. The highest BCUT2D eigenvalue weighted by Gasteiger charge is 2.14. The number of aromatic nitrogens is 1. The fourth-order valence-corrected chi connectivity index (χ4v) is 2.13. The van der Waals surface area contributed by atoms with Gasteiger partial charge in [-0.25, -0.2) is 9.37 Å². The van der Waals surface area contributed by atoms with Gasteiger partial charge in [0.1, 0.15) is 5.15 Å². The van der Waals surface area contributed by atoms with Crippen LogP contribution in [0.15, 0.2) is 24.4 Å². The highest BCUT2D eigenvalue weighted by Crippen LogP contribution is 2.28. The summed E-state index contributed by atoms with van der Waals surface area (Å²) in [6, 6.07) is 3.83. The summed E-state index contributed by atoms with van der Waals surface area (Å²) in [7, 11) is 0. The van der Waals surface area contributed by atoms with Crippen LogP contribution in [-0.2, 0) is 0 Å². The lowest BCUT2D eigenvalue weighted by Gasteiger charge is -2.08. The predicted octanol–water partition coefficient (Wildman–Crippen LogP) is 4.02. The normalized spacial score (nSPS) is 10.4. The maximum Gasteiger partial charge on any atom is 0.258 e. The average molecular weight is 335 g/mol. The fourth-order valence-electron chi connectivity index (χ4n) is 1.45. The fraction of sp³-hybridized carbons (Fsp3) is 0. The predicted molar refractivity (Wildman–Crippen MR) is 78.0 cm³/mol. The molecule has 0 saturated heterocycles. The molecule has 0 unspecified atom stereocenters. The van der Waals surface area contributed by atoms with Crippen LogP contribution in [0.1, 0.15) is 10.4 Å². The second-order valence-corrected chi connectivity index (χ2v) is 4.99. The van der Waals surface area contributed by atoms with E-state index in [1.165, 1.54) is 24.4 Å². The van der Waals surface area contributed by atoms with Crippen LogP contribution < -0.4 is 11.1 Å². The van der Waals surface area contributed by atoms with Crippen LogP contribution in [0.2, 0.25) is 15.2 Å². The van der Waals surface area contributed by atoms with Gasteiger partial charge in [-0.2, -0.15) is 0 Å². The second kappa shape index (κ2) is 5.83. The Balaban J connectivity index is 2.30. The number of nitrogens with two attached hydrogens (primary N) is 1. The van der Waals surface area contributed by atoms with Gasteiger partial charge in [0, 0.05) is 5.69 Å². The Kier molecular flexibility index (Phi) is 4.32. The highest BCUT2D eigenvalue weighted by atomic mass is 35.5. The molecule has 0 fully saturated rings. The van der Waals surface area contributed by atoms with Crippen molar-refractivity contribution in [2.45, 2.75) is 0 Å². The number of hydrogen-bond donors (Lipinski definition) is 2. The molecule has 0 aliphatic rings. The van der Waals surface area contributed by atoms with E-state index in [4.69, 9.17) is 40.5 Å². The van der Waals surface area contributed by atoms with Gasteiger partial charge in [0.2, 0.25) is 0 Å². The van der Waals surface area contributed by atoms with E-state index in [0.717, 1.165) is 0 Å². The molecule has 0 aliphatic heterocycles. The second-order valence-electron chi connectivity index (χ2n) is 3.82. The molecule has 2 rings (SSSR count). The van der Waals surface area contributed by atoms with Gasteiger partial charge in [-0.3, -0.25) is 4.79 Å². The number of halogens is 4. The maximum absolute atomic E-state index is 13.3. The van der Waals surface area contributed by atoms with Gasteiger partial charge in [-0.1, -0.05) is 34.8 Å². The van der Waals surface area contributed by atoms with E-state index < -0.39 is 11.7 Å². The molecule has 1 heterocycles. The molecule has 0 aliphatic carbocycles. The number of anilines is 2. The van der Waals surface area contributed by atoms with Crippen LogP contribution >= 0.6 is 34.8 Å². The lowest BCUT2D eigenvalue weighted by atomic mass is 10.2. The zero-order valence-electron chi connectivity index (χ0n) is 9.75. The number of rotatable bonds is 2. The van der Waals surface area contributed by atoms with Crippen LogP contribution in [0.5, 0.6) is 0 Å². The summed E-state index contributed by atoms with van der Waals surface area (Å²) in [5.74, 6) is -1.32. The summed E-state index contributed by atoms with van der Waals surface area (Å²) in [4.78, 5) is 15.8. The van der Waals surface area contributed by atoms with Crippen LogP contribution in [0.25, 0.3) is 0 Å². The third kappa shape index (κ3) is 3.12. The van der Waals surface area contributed by atoms with Crippen molar-refractivity contribution in [3.05, 3.63) is 51.0 Å². The summed E-state index contributed by atoms with van der Waals surface area (Å²) in [5.41, 5.74) is 6.13. The third-order valence-electron chi connectivity index (χ3n) is 2.35. The third-order valence-corrected chi connectivity index (χ3v) is 3.20. The lowest BCUT2D eigenvalue weighted by Crippen LogP contribution is -2.13. The zero-order chi connectivity index (χ0) is 14.9. The van der Waals surface area contributed by atoms with Crippen molar-refractivity contribution in [2.75, 3.05) is 11.1 Å². The van der Waals surface area contributed by atoms with Gasteiger partial charge in [-0.15, -0.1) is 0 Å². The van der Waals surface area contributed by atoms with E-state index in [2.05, 4.69) is 10.3 Å². The molecular formula is C12H7Cl3FN3O. The summed E-state index contributed by atoms with van der Waals surface area (Å²) in [6.45, 7) is 0. The number of hydrogen-bond acceptors (Lipinski definition) is 3. The first-order valence-corrected chi connectivity index (χ1v) is 6.39. The average Bonchev–Trinajstić information content (AvgIpc) is 2.38. The number of nitrogen functional groups attached to an aromatic ring is 1. The summed E-state index contributed by atoms with van der Waals surface area (Å²) in [5, 5.41) is 2.07. The van der Waals surface area contributed by atoms with E-state index in [1.807, 2.05) is 0 Å². The molecule has 0 atom stereocenters. The molecule has 20 heavy (non-hydrogen) atoms. The molecule has 4 nitrogen and oxygen atoms in total. The van der Waals surface area contributed by atoms with E-state index in [1.54, 1.807) is 0 Å². The lowest BCUT2D eigenvalue weighted by molar-refractivity contribution is 0.102. The molecule has 0 radical (unpaired) electrons. The topological polar surface area (TPSA) is 68.0 Å². The standard InChI is InChI=1S/C12H7Cl3FN3O/c13-8-2-6(3-9(14)10(8)16)19-12(20)7-1-5(17)4-18-11(7)15/h1-4H,17H2,(H,19,20). The summed E-state index contributed by atoms with van der Waals surface area (Å²) < 4.78 is 13.3. The number of benzene rings is 1. The Morgan fingerprint density at radius 2 is 1.80 bits per heavy atom. The van der Waals surface area contributed by atoms with Crippen LogP contribution in [0.4, 0.5) is 15.8 Å². The minimum atomic E-state index is -0.755. The van der Waals surface area contributed by atoms with Crippen LogP contribution in [-0.4, -0.2) is 10.9 Å². The smallest absolute Gasteiger partial charge is 0.258 e. The minimum absolute atomic E-state index is 0.00370. The molecule has 104 valence electrons. The van der Waals surface area contributed by atoms with Gasteiger partial charge in [0.05, 0.1) is 27.5 Å². The Hall–Kier alpha value is -1.56. The van der Waals surface area contributed by atoms with Gasteiger partial charge < -0.3 is 11.1 Å². The Bertz CT molecular complexity index is 671. The number of amides is 1. The number of pyridine rings is 1. The van der Waals surface area contributed by atoms with Crippen molar-refractivity contribution in [2.24, 2.45) is 0 Å². The SMILES string of the molecule is Nc1cnc(Cl)c(C(=O)Nc2cc(Cl)c(F)c(Cl)c2)c1. The Labute approximate surface area is 128 Å². The van der Waals surface area contributed by atoms with E-state index in [9.17, 15) is 9.18 Å². The van der Waals surface area contributed by atoms with Crippen molar-refractivity contribution in [3.8, 4) is 0 Å². The molecular weight excluding hydrogens is 328 g/mol. The first kappa shape index (κ1) is 14.8. The molecule has 1 amide bonds. The number of carbonyl (C=O) groups excluding carboxylic acids is 1. The molecule has 1 aromatic carbocycles. The maximum atomic E-state index is 13.3. The number of carbonyl (C=O) groups is 1. The van der Waals surface area contributed by atoms with Crippen molar-refractivity contribution >= 4 is 52.1 Å². The molecule has 2 aromatic rings. The van der Waals surface area contributed by atoms with Gasteiger partial charge in [0.25, 0.3) is 5.91 Å². The molecule has 3 N–H and O–H groups in total. The zero-order valence-corrected chi connectivity index (χ0v) is 12.0. The molecule has 0 saturated carbocycles. The van der Waals surface area contributed by atoms with E-state index >= 15 is 0 Å². The highest BCUT2D eigenvalue weighted by molar-refractivity contribution is 6.36. The Morgan fingerprint density at radius 3 is 2.40 bits per heavy atom. The first-order valence-electron chi connectivity index (χ1n) is 5.25. The van der Waals surface area contributed by atoms with Gasteiger partial charge in [-0.05, 0) is 18.2 Å². The summed E-state index contributed by atoms with van der Waals surface area (Å²) in [6.07, 6.45) is 1.32. The van der Waals surface area contributed by atoms with Crippen molar-refractivity contribution in [1.82, 2.24) is 4.98 Å². The Morgan fingerprint density at radius 1 is 1.20 bits per heavy atom. The van der Waals surface area contributed by atoms with Crippen LogP contribution in [0.3, 0.4) is 0 Å². The monoisotopic (exact) mass is 333 g/mol. The molecule has 1 aromatic heterocycles. The molecule has 0 bridgehead atoms. The molecule has 8 heteroatoms. The number of nitrogens with one attached hydrogen (secondary N) is 1. The largest absolute Gasteiger partial charge is 0.397 e. The van der Waals surface area contributed by atoms with Gasteiger partial charge >= 0.3 is 0 Å². The van der Waals surface area contributed by atoms with Gasteiger partial charge in [0.15, 0.2) is 5.82 Å². The minimum Gasteiger partial charge on any atom is -0.397 e. The van der Waals surface area contributed by atoms with Crippen LogP contribution in [0, 0.1) is 5.82 Å². The van der Waals surface area contributed by atoms with Crippen molar-refractivity contribution < 1.29 is 9.18 Å². The number of nitrogens with zero attached hydrogens (tertiary/aromatic N) is 1. The van der Waals surface area contributed by atoms with E-state index in [-0.39, 0.29) is 32.1 Å². The quantitative estimate of drug-likeness (QED) is 0.644. The van der Waals surface area contributed by atoms with Crippen molar-refractivity contribution in [3.63, 3.8) is 0 Å². The van der Waals surface area contributed by atoms with Crippen molar-refractivity contribution in [1.29, 1.82) is 0 Å². The van der Waals surface area contributed by atoms with E-state index in [0.29, 0.717) is 0 Å². The molecule has 0 spiro atoms.